The number of amides is 1. The average molecular weight is 427 g/mol. The molecular formula is C26H22N2O2S. The molecule has 4 heterocycles. The quantitative estimate of drug-likeness (QED) is 0.453. The van der Waals surface area contributed by atoms with Gasteiger partial charge < -0.3 is 9.47 Å². The summed E-state index contributed by atoms with van der Waals surface area (Å²) in [7, 11) is 0. The van der Waals surface area contributed by atoms with E-state index in [9.17, 15) is 9.59 Å². The van der Waals surface area contributed by atoms with Crippen LogP contribution in [0.25, 0.3) is 20.5 Å². The number of pyridine rings is 1. The minimum atomic E-state index is 0.0907. The SMILES string of the molecule is O=C(c1ccccc1)N1CC2CC(C1)c1ccc(-c3cc4ccccc4s3)c(=O)n1C2. The molecule has 0 radical (unpaired) electrons. The first kappa shape index (κ1) is 18.6. The van der Waals surface area contributed by atoms with Gasteiger partial charge in [-0.25, -0.2) is 0 Å². The molecule has 1 fully saturated rings. The molecule has 4 aromatic rings. The summed E-state index contributed by atoms with van der Waals surface area (Å²) >= 11 is 1.67. The van der Waals surface area contributed by atoms with Gasteiger partial charge in [0.15, 0.2) is 0 Å². The van der Waals surface area contributed by atoms with Crippen LogP contribution in [0.2, 0.25) is 0 Å². The number of benzene rings is 2. The Kier molecular flexibility index (Phi) is 4.32. The molecule has 2 aliphatic heterocycles. The van der Waals surface area contributed by atoms with Crippen LogP contribution in [0.1, 0.15) is 28.4 Å². The Balaban J connectivity index is 1.34. The van der Waals surface area contributed by atoms with Gasteiger partial charge >= 0.3 is 0 Å². The van der Waals surface area contributed by atoms with Gasteiger partial charge in [-0.1, -0.05) is 36.4 Å². The molecule has 1 saturated heterocycles. The number of carbonyl (C=O) groups excluding carboxylic acids is 1. The molecule has 4 nitrogen and oxygen atoms in total. The summed E-state index contributed by atoms with van der Waals surface area (Å²) in [6, 6.07) is 24.0. The van der Waals surface area contributed by atoms with Gasteiger partial charge in [0.1, 0.15) is 0 Å². The molecule has 0 saturated carbocycles. The lowest BCUT2D eigenvalue weighted by atomic mass is 9.82. The molecule has 2 unspecified atom stereocenters. The van der Waals surface area contributed by atoms with E-state index in [0.717, 1.165) is 28.1 Å². The zero-order valence-corrected chi connectivity index (χ0v) is 17.8. The van der Waals surface area contributed by atoms with Crippen molar-refractivity contribution in [3.8, 4) is 10.4 Å². The first-order valence-electron chi connectivity index (χ1n) is 10.7. The largest absolute Gasteiger partial charge is 0.338 e. The van der Waals surface area contributed by atoms with E-state index in [4.69, 9.17) is 0 Å². The Morgan fingerprint density at radius 1 is 0.903 bits per heavy atom. The summed E-state index contributed by atoms with van der Waals surface area (Å²) < 4.78 is 3.18. The molecule has 5 heteroatoms. The third kappa shape index (κ3) is 3.12. The van der Waals surface area contributed by atoms with Gasteiger partial charge in [-0.05, 0) is 54.1 Å². The fourth-order valence-electron chi connectivity index (χ4n) is 5.18. The lowest BCUT2D eigenvalue weighted by Gasteiger charge is -2.43. The Bertz CT molecular complexity index is 1320. The lowest BCUT2D eigenvalue weighted by molar-refractivity contribution is 0.0594. The third-order valence-electron chi connectivity index (χ3n) is 6.60. The molecule has 154 valence electrons. The van der Waals surface area contributed by atoms with Crippen molar-refractivity contribution in [2.45, 2.75) is 18.9 Å². The van der Waals surface area contributed by atoms with Crippen molar-refractivity contribution in [2.75, 3.05) is 13.1 Å². The molecule has 2 bridgehead atoms. The summed E-state index contributed by atoms with van der Waals surface area (Å²) in [5.74, 6) is 0.617. The highest BCUT2D eigenvalue weighted by atomic mass is 32.1. The standard InChI is InChI=1S/C26H22N2O2S/c29-25(18-6-2-1-3-7-18)27-14-17-12-20(16-27)22-11-10-21(26(30)28(22)15-17)24-13-19-8-4-5-9-23(19)31-24/h1-11,13,17,20H,12,14-16H2. The van der Waals surface area contributed by atoms with Crippen molar-refractivity contribution in [3.63, 3.8) is 0 Å². The molecule has 1 amide bonds. The zero-order chi connectivity index (χ0) is 20.9. The minimum Gasteiger partial charge on any atom is -0.338 e. The highest BCUT2D eigenvalue weighted by molar-refractivity contribution is 7.22. The van der Waals surface area contributed by atoms with Gasteiger partial charge in [-0.3, -0.25) is 9.59 Å². The van der Waals surface area contributed by atoms with Crippen LogP contribution in [-0.2, 0) is 6.54 Å². The van der Waals surface area contributed by atoms with Crippen LogP contribution in [0.15, 0.2) is 77.6 Å². The van der Waals surface area contributed by atoms with Crippen molar-refractivity contribution < 1.29 is 4.79 Å². The maximum atomic E-state index is 13.4. The predicted octanol–water partition coefficient (Wildman–Crippen LogP) is 4.99. The van der Waals surface area contributed by atoms with Crippen LogP contribution in [0.4, 0.5) is 0 Å². The molecule has 2 aliphatic rings. The monoisotopic (exact) mass is 426 g/mol. The molecule has 0 spiro atoms. The maximum Gasteiger partial charge on any atom is 0.259 e. The first-order valence-corrected chi connectivity index (χ1v) is 11.6. The van der Waals surface area contributed by atoms with Crippen molar-refractivity contribution in [2.24, 2.45) is 5.92 Å². The molecule has 2 aromatic carbocycles. The number of piperidine rings is 1. The summed E-state index contributed by atoms with van der Waals surface area (Å²) in [4.78, 5) is 29.4. The number of fused-ring (bicyclic) bond motifs is 5. The van der Waals surface area contributed by atoms with E-state index in [2.05, 4.69) is 24.3 Å². The summed E-state index contributed by atoms with van der Waals surface area (Å²) in [6.07, 6.45) is 1.04. The molecule has 6 rings (SSSR count). The number of aromatic nitrogens is 1. The van der Waals surface area contributed by atoms with E-state index in [0.29, 0.717) is 25.6 Å². The van der Waals surface area contributed by atoms with Gasteiger partial charge in [0.2, 0.25) is 0 Å². The molecular weight excluding hydrogens is 404 g/mol. The van der Waals surface area contributed by atoms with Crippen molar-refractivity contribution in [1.29, 1.82) is 0 Å². The molecule has 0 N–H and O–H groups in total. The fourth-order valence-corrected chi connectivity index (χ4v) is 6.26. The second kappa shape index (κ2) is 7.20. The Labute approximate surface area is 184 Å². The lowest BCUT2D eigenvalue weighted by Crippen LogP contribution is -2.49. The Morgan fingerprint density at radius 3 is 2.55 bits per heavy atom. The van der Waals surface area contributed by atoms with Crippen LogP contribution < -0.4 is 5.56 Å². The van der Waals surface area contributed by atoms with E-state index >= 15 is 0 Å². The van der Waals surface area contributed by atoms with Crippen molar-refractivity contribution in [3.05, 3.63) is 94.4 Å². The summed E-state index contributed by atoms with van der Waals surface area (Å²) in [5, 5.41) is 1.18. The third-order valence-corrected chi connectivity index (χ3v) is 7.75. The van der Waals surface area contributed by atoms with Crippen LogP contribution in [-0.4, -0.2) is 28.5 Å². The minimum absolute atomic E-state index is 0.0907. The highest BCUT2D eigenvalue weighted by Gasteiger charge is 2.37. The summed E-state index contributed by atoms with van der Waals surface area (Å²) in [6.45, 7) is 2.07. The van der Waals surface area contributed by atoms with Crippen LogP contribution in [0, 0.1) is 5.92 Å². The number of rotatable bonds is 2. The molecule has 2 aromatic heterocycles. The maximum absolute atomic E-state index is 13.4. The number of hydrogen-bond donors (Lipinski definition) is 0. The van der Waals surface area contributed by atoms with Crippen LogP contribution in [0.3, 0.4) is 0 Å². The molecule has 0 aliphatic carbocycles. The Hall–Kier alpha value is -3.18. The zero-order valence-electron chi connectivity index (χ0n) is 17.0. The van der Waals surface area contributed by atoms with E-state index in [1.807, 2.05) is 58.0 Å². The van der Waals surface area contributed by atoms with Crippen LogP contribution >= 0.6 is 11.3 Å². The number of hydrogen-bond acceptors (Lipinski definition) is 3. The normalized spacial score (nSPS) is 19.9. The van der Waals surface area contributed by atoms with Gasteiger partial charge in [-0.15, -0.1) is 11.3 Å². The van der Waals surface area contributed by atoms with E-state index in [1.54, 1.807) is 11.3 Å². The Morgan fingerprint density at radius 2 is 1.71 bits per heavy atom. The van der Waals surface area contributed by atoms with E-state index < -0.39 is 0 Å². The molecule has 31 heavy (non-hydrogen) atoms. The topological polar surface area (TPSA) is 42.3 Å². The van der Waals surface area contributed by atoms with E-state index in [1.165, 1.54) is 10.1 Å². The second-order valence-electron chi connectivity index (χ2n) is 8.61. The predicted molar refractivity (Wildman–Crippen MR) is 125 cm³/mol. The first-order chi connectivity index (χ1) is 15.2. The molecule has 2 atom stereocenters. The summed E-state index contributed by atoms with van der Waals surface area (Å²) in [5.41, 5.74) is 2.68. The van der Waals surface area contributed by atoms with Gasteiger partial charge in [0, 0.05) is 46.4 Å². The van der Waals surface area contributed by atoms with Crippen LogP contribution in [0.5, 0.6) is 0 Å². The average Bonchev–Trinajstić information content (AvgIpc) is 3.24. The van der Waals surface area contributed by atoms with Gasteiger partial charge in [-0.2, -0.15) is 0 Å². The highest BCUT2D eigenvalue weighted by Crippen LogP contribution is 2.37. The second-order valence-corrected chi connectivity index (χ2v) is 9.69. The van der Waals surface area contributed by atoms with Gasteiger partial charge in [0.25, 0.3) is 11.5 Å². The van der Waals surface area contributed by atoms with E-state index in [-0.39, 0.29) is 17.4 Å². The number of carbonyl (C=O) groups is 1. The van der Waals surface area contributed by atoms with Gasteiger partial charge in [0.05, 0.1) is 5.56 Å². The number of nitrogens with zero attached hydrogens (tertiary/aromatic N) is 2. The van der Waals surface area contributed by atoms with Crippen molar-refractivity contribution in [1.82, 2.24) is 9.47 Å². The van der Waals surface area contributed by atoms with Crippen molar-refractivity contribution >= 4 is 27.3 Å². The smallest absolute Gasteiger partial charge is 0.259 e. The fraction of sp³-hybridized carbons (Fsp3) is 0.231. The number of likely N-dealkylation sites (tertiary alicyclic amines) is 1. The number of thiophene rings is 1.